The van der Waals surface area contributed by atoms with Gasteiger partial charge < -0.3 is 9.47 Å². The second-order valence-electron chi connectivity index (χ2n) is 6.49. The van der Waals surface area contributed by atoms with E-state index in [4.69, 9.17) is 32.7 Å². The molecular formula is C22H14Cl2N2O2S. The van der Waals surface area contributed by atoms with E-state index in [-0.39, 0.29) is 6.79 Å². The first kappa shape index (κ1) is 18.6. The van der Waals surface area contributed by atoms with Crippen LogP contribution in [0.3, 0.4) is 0 Å². The molecule has 0 bridgehead atoms. The quantitative estimate of drug-likeness (QED) is 0.333. The van der Waals surface area contributed by atoms with Gasteiger partial charge in [-0.25, -0.2) is 0 Å². The Bertz CT molecular complexity index is 1220. The number of benzene rings is 3. The Hall–Kier alpha value is -2.47. The fraction of sp³-hybridized carbons (Fsp3) is 0.0909. The molecule has 1 aromatic heterocycles. The molecule has 0 aliphatic carbocycles. The van der Waals surface area contributed by atoms with Crippen molar-refractivity contribution in [1.29, 1.82) is 0 Å². The number of fused-ring (bicyclic) bond motifs is 2. The normalized spacial score (nSPS) is 12.5. The number of ether oxygens (including phenoxy) is 2. The molecule has 7 heteroatoms. The highest BCUT2D eigenvalue weighted by Gasteiger charge is 2.17. The smallest absolute Gasteiger partial charge is 0.231 e. The first-order valence-corrected chi connectivity index (χ1v) is 10.7. The lowest BCUT2D eigenvalue weighted by Crippen LogP contribution is -1.94. The van der Waals surface area contributed by atoms with Crippen LogP contribution in [0, 0.1) is 0 Å². The van der Waals surface area contributed by atoms with Gasteiger partial charge >= 0.3 is 0 Å². The van der Waals surface area contributed by atoms with Crippen LogP contribution in [0.4, 0.5) is 0 Å². The van der Waals surface area contributed by atoms with Crippen LogP contribution in [0.1, 0.15) is 5.56 Å². The van der Waals surface area contributed by atoms with Crippen LogP contribution >= 0.6 is 35.0 Å². The molecule has 0 radical (unpaired) electrons. The predicted molar refractivity (Wildman–Crippen MR) is 117 cm³/mol. The van der Waals surface area contributed by atoms with Gasteiger partial charge in [-0.3, -0.25) is 0 Å². The summed E-state index contributed by atoms with van der Waals surface area (Å²) in [5, 5.41) is 13.3. The van der Waals surface area contributed by atoms with Crippen LogP contribution in [0.25, 0.3) is 22.0 Å². The molecule has 0 saturated carbocycles. The minimum atomic E-state index is 0.227. The highest BCUT2D eigenvalue weighted by Crippen LogP contribution is 2.40. The standard InChI is InChI=1S/C22H14Cl2N2O2S/c23-15-7-5-13(6-8-15)21-16-3-1-2-4-17(16)22(26-25-21)29-11-14-9-19-20(10-18(14)24)28-12-27-19/h1-10H,11-12H2. The van der Waals surface area contributed by atoms with E-state index in [2.05, 4.69) is 22.3 Å². The summed E-state index contributed by atoms with van der Waals surface area (Å²) in [7, 11) is 0. The lowest BCUT2D eigenvalue weighted by atomic mass is 10.1. The van der Waals surface area contributed by atoms with E-state index < -0.39 is 0 Å². The van der Waals surface area contributed by atoms with Gasteiger partial charge in [-0.15, -0.1) is 10.2 Å². The van der Waals surface area contributed by atoms with Crippen LogP contribution in [0.2, 0.25) is 10.0 Å². The highest BCUT2D eigenvalue weighted by molar-refractivity contribution is 7.98. The predicted octanol–water partition coefficient (Wildman–Crippen LogP) is 6.62. The highest BCUT2D eigenvalue weighted by atomic mass is 35.5. The minimum Gasteiger partial charge on any atom is -0.454 e. The minimum absolute atomic E-state index is 0.227. The van der Waals surface area contributed by atoms with E-state index >= 15 is 0 Å². The van der Waals surface area contributed by atoms with Gasteiger partial charge in [0.05, 0.1) is 0 Å². The van der Waals surface area contributed by atoms with Crippen molar-refractivity contribution < 1.29 is 9.47 Å². The van der Waals surface area contributed by atoms with E-state index in [0.29, 0.717) is 21.5 Å². The van der Waals surface area contributed by atoms with Crippen LogP contribution in [-0.4, -0.2) is 17.0 Å². The number of aromatic nitrogens is 2. The van der Waals surface area contributed by atoms with E-state index in [9.17, 15) is 0 Å². The van der Waals surface area contributed by atoms with E-state index in [0.717, 1.165) is 38.4 Å². The second kappa shape index (κ2) is 7.75. The maximum absolute atomic E-state index is 6.41. The lowest BCUT2D eigenvalue weighted by molar-refractivity contribution is 0.174. The van der Waals surface area contributed by atoms with E-state index in [1.165, 1.54) is 0 Å². The molecular weight excluding hydrogens is 427 g/mol. The molecule has 1 aliphatic rings. The first-order chi connectivity index (χ1) is 14.2. The third kappa shape index (κ3) is 3.62. The van der Waals surface area contributed by atoms with Gasteiger partial charge in [0.25, 0.3) is 0 Å². The summed E-state index contributed by atoms with van der Waals surface area (Å²) < 4.78 is 10.8. The molecule has 29 heavy (non-hydrogen) atoms. The third-order valence-electron chi connectivity index (χ3n) is 4.68. The molecule has 1 aliphatic heterocycles. The van der Waals surface area contributed by atoms with E-state index in [1.54, 1.807) is 17.8 Å². The van der Waals surface area contributed by atoms with Crippen LogP contribution in [0.5, 0.6) is 11.5 Å². The average molecular weight is 441 g/mol. The summed E-state index contributed by atoms with van der Waals surface area (Å²) in [5.74, 6) is 2.05. The van der Waals surface area contributed by atoms with Crippen molar-refractivity contribution in [3.8, 4) is 22.8 Å². The zero-order valence-electron chi connectivity index (χ0n) is 15.1. The maximum Gasteiger partial charge on any atom is 0.231 e. The fourth-order valence-corrected chi connectivity index (χ4v) is 4.61. The second-order valence-corrected chi connectivity index (χ2v) is 8.30. The Morgan fingerprint density at radius 2 is 1.59 bits per heavy atom. The van der Waals surface area contributed by atoms with Crippen LogP contribution < -0.4 is 9.47 Å². The zero-order valence-corrected chi connectivity index (χ0v) is 17.4. The Labute approximate surface area is 181 Å². The molecule has 144 valence electrons. The van der Waals surface area contributed by atoms with Crippen molar-refractivity contribution >= 4 is 45.7 Å². The lowest BCUT2D eigenvalue weighted by Gasteiger charge is -2.10. The molecule has 0 fully saturated rings. The Morgan fingerprint density at radius 1 is 0.862 bits per heavy atom. The van der Waals surface area contributed by atoms with Crippen molar-refractivity contribution in [2.75, 3.05) is 6.79 Å². The van der Waals surface area contributed by atoms with Gasteiger partial charge in [-0.2, -0.15) is 0 Å². The van der Waals surface area contributed by atoms with Crippen LogP contribution in [-0.2, 0) is 5.75 Å². The molecule has 0 spiro atoms. The Kier molecular flexibility index (Phi) is 4.96. The summed E-state index contributed by atoms with van der Waals surface area (Å²) in [6.45, 7) is 0.227. The topological polar surface area (TPSA) is 44.2 Å². The molecule has 4 nitrogen and oxygen atoms in total. The Morgan fingerprint density at radius 3 is 2.38 bits per heavy atom. The van der Waals surface area contributed by atoms with Gasteiger partial charge in [0, 0.05) is 38.2 Å². The number of hydrogen-bond acceptors (Lipinski definition) is 5. The molecule has 5 rings (SSSR count). The maximum atomic E-state index is 6.41. The van der Waals surface area contributed by atoms with Crippen molar-refractivity contribution in [1.82, 2.24) is 10.2 Å². The van der Waals surface area contributed by atoms with E-state index in [1.807, 2.05) is 42.5 Å². The third-order valence-corrected chi connectivity index (χ3v) is 6.31. The summed E-state index contributed by atoms with van der Waals surface area (Å²) >= 11 is 14.0. The number of halogens is 2. The van der Waals surface area contributed by atoms with Gasteiger partial charge in [-0.1, -0.05) is 71.4 Å². The number of thioether (sulfide) groups is 1. The summed E-state index contributed by atoms with van der Waals surface area (Å²) in [5.41, 5.74) is 2.78. The number of hydrogen-bond donors (Lipinski definition) is 0. The molecule has 0 N–H and O–H groups in total. The van der Waals surface area contributed by atoms with Crippen molar-refractivity contribution in [2.45, 2.75) is 10.8 Å². The van der Waals surface area contributed by atoms with Gasteiger partial charge in [-0.05, 0) is 23.8 Å². The molecule has 4 aromatic rings. The van der Waals surface area contributed by atoms with Crippen molar-refractivity contribution in [3.05, 3.63) is 76.3 Å². The molecule has 3 aromatic carbocycles. The van der Waals surface area contributed by atoms with Gasteiger partial charge in [0.1, 0.15) is 10.7 Å². The largest absolute Gasteiger partial charge is 0.454 e. The van der Waals surface area contributed by atoms with Gasteiger partial charge in [0.2, 0.25) is 6.79 Å². The van der Waals surface area contributed by atoms with Gasteiger partial charge in [0.15, 0.2) is 11.5 Å². The molecule has 0 amide bonds. The molecule has 0 unspecified atom stereocenters. The SMILES string of the molecule is Clc1ccc(-c2nnc(SCc3cc4c(cc3Cl)OCO4)c3ccccc23)cc1. The number of rotatable bonds is 4. The molecule has 2 heterocycles. The molecule has 0 atom stereocenters. The number of nitrogens with zero attached hydrogens (tertiary/aromatic N) is 2. The summed E-state index contributed by atoms with van der Waals surface area (Å²) in [6, 6.07) is 19.5. The summed E-state index contributed by atoms with van der Waals surface area (Å²) in [6.07, 6.45) is 0. The Balaban J connectivity index is 1.49. The molecule has 0 saturated heterocycles. The monoisotopic (exact) mass is 440 g/mol. The van der Waals surface area contributed by atoms with Crippen LogP contribution in [0.15, 0.2) is 65.7 Å². The fourth-order valence-electron chi connectivity index (χ4n) is 3.22. The van der Waals surface area contributed by atoms with Crippen molar-refractivity contribution in [2.24, 2.45) is 0 Å². The van der Waals surface area contributed by atoms with Crippen molar-refractivity contribution in [3.63, 3.8) is 0 Å². The average Bonchev–Trinajstić information content (AvgIpc) is 3.19. The first-order valence-electron chi connectivity index (χ1n) is 8.91. The summed E-state index contributed by atoms with van der Waals surface area (Å²) in [4.78, 5) is 0. The zero-order chi connectivity index (χ0) is 19.8.